The molecule has 0 amide bonds. The number of para-hydroxylation sites is 1. The third kappa shape index (κ3) is 2.25. The van der Waals surface area contributed by atoms with E-state index in [0.717, 1.165) is 24.2 Å². The van der Waals surface area contributed by atoms with Gasteiger partial charge in [-0.05, 0) is 45.6 Å². The van der Waals surface area contributed by atoms with Gasteiger partial charge in [-0.15, -0.1) is 23.2 Å². The van der Waals surface area contributed by atoms with E-state index >= 15 is 0 Å². The van der Waals surface area contributed by atoms with Crippen LogP contribution in [0.15, 0.2) is 24.3 Å². The maximum absolute atomic E-state index is 6.72. The zero-order chi connectivity index (χ0) is 16.6. The Morgan fingerprint density at radius 3 is 2.43 bits per heavy atom. The van der Waals surface area contributed by atoms with Gasteiger partial charge in [-0.3, -0.25) is 0 Å². The van der Waals surface area contributed by atoms with Crippen LogP contribution in [0.3, 0.4) is 0 Å². The molecular formula is C19H24Cl2O2. The predicted molar refractivity (Wildman–Crippen MR) is 93.2 cm³/mol. The first kappa shape index (κ1) is 16.1. The van der Waals surface area contributed by atoms with Crippen LogP contribution >= 0.6 is 23.2 Å². The Morgan fingerprint density at radius 1 is 1.13 bits per heavy atom. The van der Waals surface area contributed by atoms with Crippen molar-refractivity contribution < 1.29 is 9.47 Å². The van der Waals surface area contributed by atoms with Gasteiger partial charge in [0, 0.05) is 17.4 Å². The van der Waals surface area contributed by atoms with Crippen molar-refractivity contribution in [1.29, 1.82) is 0 Å². The van der Waals surface area contributed by atoms with E-state index in [1.807, 2.05) is 12.1 Å². The van der Waals surface area contributed by atoms with Crippen molar-refractivity contribution in [3.63, 3.8) is 0 Å². The largest absolute Gasteiger partial charge is 0.487 e. The molecule has 4 rings (SSSR count). The SMILES string of the molecule is C[C@@H]1[C@H]([C@]2(C)CC[C@@H]3[C@@H](O2)c2ccccc2OC3(C)C)C1(Cl)Cl. The second-order valence-corrected chi connectivity index (χ2v) is 9.62. The van der Waals surface area contributed by atoms with Gasteiger partial charge in [-0.1, -0.05) is 25.1 Å². The third-order valence-electron chi connectivity index (χ3n) is 6.28. The Labute approximate surface area is 148 Å². The molecule has 0 unspecified atom stereocenters. The summed E-state index contributed by atoms with van der Waals surface area (Å²) in [6.07, 6.45) is 2.08. The fourth-order valence-corrected chi connectivity index (χ4v) is 5.79. The summed E-state index contributed by atoms with van der Waals surface area (Å²) >= 11 is 12.9. The molecule has 2 aliphatic heterocycles. The van der Waals surface area contributed by atoms with Crippen molar-refractivity contribution >= 4 is 23.2 Å². The second-order valence-electron chi connectivity index (χ2n) is 8.18. The van der Waals surface area contributed by atoms with Crippen molar-refractivity contribution in [1.82, 2.24) is 0 Å². The van der Waals surface area contributed by atoms with Crippen molar-refractivity contribution in [2.45, 2.75) is 62.2 Å². The van der Waals surface area contributed by atoms with E-state index in [0.29, 0.717) is 5.92 Å². The Balaban J connectivity index is 1.71. The second kappa shape index (κ2) is 4.80. The molecule has 1 saturated carbocycles. The molecule has 4 heteroatoms. The highest BCUT2D eigenvalue weighted by molar-refractivity contribution is 6.51. The third-order valence-corrected chi connectivity index (χ3v) is 7.43. The summed E-state index contributed by atoms with van der Waals surface area (Å²) in [4.78, 5) is 0. The Hall–Kier alpha value is -0.440. The first-order valence-electron chi connectivity index (χ1n) is 8.50. The number of hydrogen-bond donors (Lipinski definition) is 0. The topological polar surface area (TPSA) is 18.5 Å². The lowest BCUT2D eigenvalue weighted by molar-refractivity contribution is -0.199. The molecule has 1 aliphatic carbocycles. The normalized spacial score (nSPS) is 43.0. The minimum absolute atomic E-state index is 0.0469. The van der Waals surface area contributed by atoms with Gasteiger partial charge in [0.25, 0.3) is 0 Å². The Bertz CT molecular complexity index is 642. The molecule has 1 aromatic carbocycles. The van der Waals surface area contributed by atoms with Crippen LogP contribution in [0.5, 0.6) is 5.75 Å². The Kier molecular flexibility index (Phi) is 3.35. The molecule has 1 aromatic rings. The lowest BCUT2D eigenvalue weighted by atomic mass is 9.72. The number of halogens is 2. The number of ether oxygens (including phenoxy) is 2. The molecule has 2 nitrogen and oxygen atoms in total. The maximum atomic E-state index is 6.72. The zero-order valence-corrected chi connectivity index (χ0v) is 15.6. The summed E-state index contributed by atoms with van der Waals surface area (Å²) in [5.74, 6) is 1.75. The summed E-state index contributed by atoms with van der Waals surface area (Å²) in [5.41, 5.74) is 0.657. The molecule has 3 aliphatic rings. The van der Waals surface area contributed by atoms with Crippen LogP contribution in [0.1, 0.15) is 52.2 Å². The molecule has 23 heavy (non-hydrogen) atoms. The van der Waals surface area contributed by atoms with Crippen LogP contribution in [0.25, 0.3) is 0 Å². The lowest BCUT2D eigenvalue weighted by Gasteiger charge is -2.52. The average molecular weight is 355 g/mol. The van der Waals surface area contributed by atoms with E-state index in [1.54, 1.807) is 0 Å². The molecule has 0 radical (unpaired) electrons. The van der Waals surface area contributed by atoms with Crippen LogP contribution < -0.4 is 4.74 Å². The smallest absolute Gasteiger partial charge is 0.127 e. The quantitative estimate of drug-likeness (QED) is 0.617. The molecule has 2 fully saturated rings. The number of alkyl halides is 2. The van der Waals surface area contributed by atoms with Gasteiger partial charge in [-0.2, -0.15) is 0 Å². The summed E-state index contributed by atoms with van der Waals surface area (Å²) in [5, 5.41) is 0. The van der Waals surface area contributed by atoms with Crippen LogP contribution in [0.2, 0.25) is 0 Å². The van der Waals surface area contributed by atoms with Crippen LogP contribution in [0.4, 0.5) is 0 Å². The molecule has 0 bridgehead atoms. The van der Waals surface area contributed by atoms with Gasteiger partial charge in [-0.25, -0.2) is 0 Å². The minimum atomic E-state index is -0.651. The molecule has 2 heterocycles. The van der Waals surface area contributed by atoms with Gasteiger partial charge in [0.05, 0.1) is 11.7 Å². The van der Waals surface area contributed by atoms with Crippen LogP contribution in [0, 0.1) is 17.8 Å². The first-order chi connectivity index (χ1) is 10.7. The Morgan fingerprint density at radius 2 is 1.78 bits per heavy atom. The van der Waals surface area contributed by atoms with Crippen molar-refractivity contribution in [3.8, 4) is 5.75 Å². The van der Waals surface area contributed by atoms with Crippen LogP contribution in [-0.2, 0) is 4.74 Å². The zero-order valence-electron chi connectivity index (χ0n) is 14.1. The van der Waals surface area contributed by atoms with Gasteiger partial charge in [0.1, 0.15) is 15.7 Å². The average Bonchev–Trinajstić information content (AvgIpc) is 2.97. The highest BCUT2D eigenvalue weighted by Crippen LogP contribution is 2.67. The molecule has 0 spiro atoms. The van der Waals surface area contributed by atoms with Crippen molar-refractivity contribution in [3.05, 3.63) is 29.8 Å². The maximum Gasteiger partial charge on any atom is 0.127 e. The molecule has 1 saturated heterocycles. The number of benzene rings is 1. The number of hydrogen-bond acceptors (Lipinski definition) is 2. The molecular weight excluding hydrogens is 331 g/mol. The summed E-state index contributed by atoms with van der Waals surface area (Å²) in [6, 6.07) is 8.23. The molecule has 5 atom stereocenters. The van der Waals surface area contributed by atoms with E-state index in [4.69, 9.17) is 32.7 Å². The summed E-state index contributed by atoms with van der Waals surface area (Å²) in [6.45, 7) is 8.63. The standard InChI is InChI=1S/C19H24Cl2O2/c1-11-16(19(11,20)21)18(4)10-9-13-15(23-18)12-7-5-6-8-14(12)22-17(13,2)3/h5-8,11,13,15-16H,9-10H2,1-4H3/t11-,13-,15+,16-,18+/m1/s1. The van der Waals surface area contributed by atoms with Gasteiger partial charge in [0.2, 0.25) is 0 Å². The lowest BCUT2D eigenvalue weighted by Crippen LogP contribution is -2.52. The van der Waals surface area contributed by atoms with Gasteiger partial charge < -0.3 is 9.47 Å². The van der Waals surface area contributed by atoms with Gasteiger partial charge in [0.15, 0.2) is 0 Å². The highest BCUT2D eigenvalue weighted by Gasteiger charge is 2.69. The van der Waals surface area contributed by atoms with E-state index in [1.165, 1.54) is 0 Å². The van der Waals surface area contributed by atoms with Gasteiger partial charge >= 0.3 is 0 Å². The van der Waals surface area contributed by atoms with E-state index < -0.39 is 4.33 Å². The highest BCUT2D eigenvalue weighted by atomic mass is 35.5. The van der Waals surface area contributed by atoms with Crippen molar-refractivity contribution in [2.75, 3.05) is 0 Å². The summed E-state index contributed by atoms with van der Waals surface area (Å²) in [7, 11) is 0. The van der Waals surface area contributed by atoms with E-state index in [9.17, 15) is 0 Å². The first-order valence-corrected chi connectivity index (χ1v) is 9.26. The molecule has 126 valence electrons. The minimum Gasteiger partial charge on any atom is -0.487 e. The monoisotopic (exact) mass is 354 g/mol. The fraction of sp³-hybridized carbons (Fsp3) is 0.684. The number of rotatable bonds is 1. The molecule has 0 N–H and O–H groups in total. The van der Waals surface area contributed by atoms with Crippen LogP contribution in [-0.4, -0.2) is 15.5 Å². The molecule has 0 aromatic heterocycles. The van der Waals surface area contributed by atoms with E-state index in [-0.39, 0.29) is 29.1 Å². The van der Waals surface area contributed by atoms with Crippen molar-refractivity contribution in [2.24, 2.45) is 17.8 Å². The number of fused-ring (bicyclic) bond motifs is 3. The fourth-order valence-electron chi connectivity index (χ4n) is 4.83. The predicted octanol–water partition coefficient (Wildman–Crippen LogP) is 5.52. The summed E-state index contributed by atoms with van der Waals surface area (Å²) < 4.78 is 12.3. The van der Waals surface area contributed by atoms with E-state index in [2.05, 4.69) is 39.8 Å².